The standard InChI is InChI=1S/C11H14BrNO/c1-2-14-11(13)8-5-9-3-6-10(12)7-4-9/h3-4,6-7,13H,2,5,8H2,1H3. The molecule has 2 nitrogen and oxygen atoms in total. The SMILES string of the molecule is CCOC(=N)CCc1ccc(Br)cc1. The summed E-state index contributed by atoms with van der Waals surface area (Å²) in [6.45, 7) is 2.48. The van der Waals surface area contributed by atoms with Crippen LogP contribution in [0, 0.1) is 5.41 Å². The van der Waals surface area contributed by atoms with Gasteiger partial charge in [0.1, 0.15) is 0 Å². The van der Waals surface area contributed by atoms with Gasteiger partial charge in [0.2, 0.25) is 0 Å². The van der Waals surface area contributed by atoms with Crippen LogP contribution in [-0.4, -0.2) is 12.5 Å². The molecule has 0 unspecified atom stereocenters. The lowest BCUT2D eigenvalue weighted by Crippen LogP contribution is -2.04. The zero-order chi connectivity index (χ0) is 10.4. The predicted molar refractivity (Wildman–Crippen MR) is 61.8 cm³/mol. The molecular formula is C11H14BrNO. The lowest BCUT2D eigenvalue weighted by molar-refractivity contribution is 0.314. The second-order valence-corrected chi connectivity index (χ2v) is 3.90. The number of nitrogens with one attached hydrogen (secondary N) is 1. The molecule has 1 rings (SSSR count). The fraction of sp³-hybridized carbons (Fsp3) is 0.364. The number of ether oxygens (including phenoxy) is 1. The van der Waals surface area contributed by atoms with Gasteiger partial charge < -0.3 is 4.74 Å². The molecule has 1 N–H and O–H groups in total. The summed E-state index contributed by atoms with van der Waals surface area (Å²) in [5.41, 5.74) is 1.23. The first-order chi connectivity index (χ1) is 6.72. The minimum absolute atomic E-state index is 0.371. The fourth-order valence-electron chi connectivity index (χ4n) is 1.16. The first-order valence-corrected chi connectivity index (χ1v) is 5.46. The molecule has 14 heavy (non-hydrogen) atoms. The molecule has 1 aromatic carbocycles. The minimum atomic E-state index is 0.371. The topological polar surface area (TPSA) is 33.1 Å². The predicted octanol–water partition coefficient (Wildman–Crippen LogP) is 3.40. The van der Waals surface area contributed by atoms with Gasteiger partial charge in [-0.1, -0.05) is 28.1 Å². The van der Waals surface area contributed by atoms with Gasteiger partial charge in [-0.05, 0) is 31.0 Å². The third-order valence-corrected chi connectivity index (χ3v) is 2.40. The molecule has 0 spiro atoms. The van der Waals surface area contributed by atoms with Gasteiger partial charge >= 0.3 is 0 Å². The number of hydrogen-bond donors (Lipinski definition) is 1. The van der Waals surface area contributed by atoms with Crippen molar-refractivity contribution in [1.82, 2.24) is 0 Å². The van der Waals surface area contributed by atoms with Crippen molar-refractivity contribution in [2.24, 2.45) is 0 Å². The van der Waals surface area contributed by atoms with Crippen LogP contribution in [0.2, 0.25) is 0 Å². The van der Waals surface area contributed by atoms with E-state index in [1.165, 1.54) is 5.56 Å². The average molecular weight is 256 g/mol. The van der Waals surface area contributed by atoms with Crippen LogP contribution >= 0.6 is 15.9 Å². The van der Waals surface area contributed by atoms with Crippen molar-refractivity contribution in [3.8, 4) is 0 Å². The van der Waals surface area contributed by atoms with E-state index in [9.17, 15) is 0 Å². The van der Waals surface area contributed by atoms with Crippen LogP contribution in [0.15, 0.2) is 28.7 Å². The van der Waals surface area contributed by atoms with Crippen molar-refractivity contribution in [1.29, 1.82) is 5.41 Å². The van der Waals surface area contributed by atoms with E-state index in [0.717, 1.165) is 10.9 Å². The molecule has 0 saturated heterocycles. The molecule has 0 heterocycles. The van der Waals surface area contributed by atoms with Crippen molar-refractivity contribution in [2.45, 2.75) is 19.8 Å². The number of hydrogen-bond acceptors (Lipinski definition) is 2. The van der Waals surface area contributed by atoms with E-state index in [1.54, 1.807) is 0 Å². The molecule has 0 aliphatic rings. The van der Waals surface area contributed by atoms with Gasteiger partial charge in [0, 0.05) is 10.9 Å². The molecule has 0 fully saturated rings. The highest BCUT2D eigenvalue weighted by atomic mass is 79.9. The van der Waals surface area contributed by atoms with Crippen LogP contribution in [0.25, 0.3) is 0 Å². The zero-order valence-corrected chi connectivity index (χ0v) is 9.80. The van der Waals surface area contributed by atoms with Gasteiger partial charge in [0.25, 0.3) is 0 Å². The first kappa shape index (κ1) is 11.2. The Morgan fingerprint density at radius 3 is 2.57 bits per heavy atom. The summed E-state index contributed by atoms with van der Waals surface area (Å²) in [6, 6.07) is 8.14. The van der Waals surface area contributed by atoms with E-state index in [-0.39, 0.29) is 0 Å². The van der Waals surface area contributed by atoms with Crippen LogP contribution in [0.1, 0.15) is 18.9 Å². The van der Waals surface area contributed by atoms with Crippen LogP contribution < -0.4 is 0 Å². The highest BCUT2D eigenvalue weighted by Crippen LogP contribution is 2.11. The molecule has 0 saturated carbocycles. The summed E-state index contributed by atoms with van der Waals surface area (Å²) in [7, 11) is 0. The van der Waals surface area contributed by atoms with Crippen molar-refractivity contribution in [3.63, 3.8) is 0 Å². The molecule has 76 valence electrons. The van der Waals surface area contributed by atoms with Crippen molar-refractivity contribution < 1.29 is 4.74 Å². The third-order valence-electron chi connectivity index (χ3n) is 1.87. The largest absolute Gasteiger partial charge is 0.481 e. The van der Waals surface area contributed by atoms with Gasteiger partial charge in [0.15, 0.2) is 5.90 Å². The number of benzene rings is 1. The average Bonchev–Trinajstić information content (AvgIpc) is 2.17. The zero-order valence-electron chi connectivity index (χ0n) is 8.22. The highest BCUT2D eigenvalue weighted by Gasteiger charge is 1.98. The van der Waals surface area contributed by atoms with E-state index in [0.29, 0.717) is 18.9 Å². The molecule has 0 aliphatic heterocycles. The van der Waals surface area contributed by atoms with E-state index in [1.807, 2.05) is 19.1 Å². The summed E-state index contributed by atoms with van der Waals surface area (Å²) in [5.74, 6) is 0.371. The Balaban J connectivity index is 2.38. The Morgan fingerprint density at radius 1 is 1.36 bits per heavy atom. The van der Waals surface area contributed by atoms with E-state index < -0.39 is 0 Å². The Kier molecular flexibility index (Phi) is 4.66. The molecule has 0 radical (unpaired) electrons. The number of aryl methyl sites for hydroxylation is 1. The maximum atomic E-state index is 7.45. The van der Waals surface area contributed by atoms with Gasteiger partial charge in [-0.2, -0.15) is 0 Å². The minimum Gasteiger partial charge on any atom is -0.481 e. The molecular weight excluding hydrogens is 242 g/mol. The van der Waals surface area contributed by atoms with Crippen LogP contribution in [-0.2, 0) is 11.2 Å². The molecule has 0 aromatic heterocycles. The summed E-state index contributed by atoms with van der Waals surface area (Å²) in [6.07, 6.45) is 1.54. The Labute approximate surface area is 92.9 Å². The molecule has 0 atom stereocenters. The Morgan fingerprint density at radius 2 is 2.00 bits per heavy atom. The summed E-state index contributed by atoms with van der Waals surface area (Å²) in [5, 5.41) is 7.45. The second kappa shape index (κ2) is 5.81. The van der Waals surface area contributed by atoms with Crippen molar-refractivity contribution in [2.75, 3.05) is 6.61 Å². The normalized spacial score (nSPS) is 9.86. The maximum Gasteiger partial charge on any atom is 0.180 e. The Bertz CT molecular complexity index is 295. The number of halogens is 1. The number of rotatable bonds is 4. The Hall–Kier alpha value is -0.830. The second-order valence-electron chi connectivity index (χ2n) is 2.98. The van der Waals surface area contributed by atoms with E-state index in [2.05, 4.69) is 28.1 Å². The highest BCUT2D eigenvalue weighted by molar-refractivity contribution is 9.10. The summed E-state index contributed by atoms with van der Waals surface area (Å²) >= 11 is 3.38. The van der Waals surface area contributed by atoms with Gasteiger partial charge in [0.05, 0.1) is 6.61 Å². The lowest BCUT2D eigenvalue weighted by atomic mass is 10.1. The summed E-state index contributed by atoms with van der Waals surface area (Å²) < 4.78 is 6.15. The molecule has 0 aliphatic carbocycles. The molecule has 0 amide bonds. The van der Waals surface area contributed by atoms with E-state index in [4.69, 9.17) is 10.1 Å². The first-order valence-electron chi connectivity index (χ1n) is 4.67. The van der Waals surface area contributed by atoms with Gasteiger partial charge in [-0.25, -0.2) is 0 Å². The maximum absolute atomic E-state index is 7.45. The van der Waals surface area contributed by atoms with Crippen LogP contribution in [0.3, 0.4) is 0 Å². The third kappa shape index (κ3) is 3.92. The quantitative estimate of drug-likeness (QED) is 0.650. The lowest BCUT2D eigenvalue weighted by Gasteiger charge is -2.04. The van der Waals surface area contributed by atoms with E-state index >= 15 is 0 Å². The fourth-order valence-corrected chi connectivity index (χ4v) is 1.42. The molecule has 0 bridgehead atoms. The van der Waals surface area contributed by atoms with Crippen LogP contribution in [0.5, 0.6) is 0 Å². The molecule has 1 aromatic rings. The molecule has 3 heteroatoms. The van der Waals surface area contributed by atoms with Crippen molar-refractivity contribution >= 4 is 21.8 Å². The van der Waals surface area contributed by atoms with Crippen molar-refractivity contribution in [3.05, 3.63) is 34.3 Å². The van der Waals surface area contributed by atoms with Gasteiger partial charge in [-0.3, -0.25) is 5.41 Å². The smallest absolute Gasteiger partial charge is 0.180 e. The monoisotopic (exact) mass is 255 g/mol. The summed E-state index contributed by atoms with van der Waals surface area (Å²) in [4.78, 5) is 0. The van der Waals surface area contributed by atoms with Crippen LogP contribution in [0.4, 0.5) is 0 Å². The van der Waals surface area contributed by atoms with Gasteiger partial charge in [-0.15, -0.1) is 0 Å².